The molecule has 1 saturated heterocycles. The van der Waals surface area contributed by atoms with E-state index in [0.29, 0.717) is 6.42 Å². The number of hydrogen-bond acceptors (Lipinski definition) is 3. The minimum Gasteiger partial charge on any atom is -0.497 e. The number of benzene rings is 1. The van der Waals surface area contributed by atoms with Crippen LogP contribution in [0.3, 0.4) is 0 Å². The molecule has 1 unspecified atom stereocenters. The normalized spacial score (nSPS) is 20.9. The zero-order valence-corrected chi connectivity index (χ0v) is 9.34. The number of carbonyl (C=O) groups is 1. The third kappa shape index (κ3) is 2.45. The van der Waals surface area contributed by atoms with Crippen LogP contribution in [-0.4, -0.2) is 18.8 Å². The third-order valence-electron chi connectivity index (χ3n) is 2.32. The molecule has 4 heteroatoms. The van der Waals surface area contributed by atoms with Gasteiger partial charge in [-0.05, 0) is 17.7 Å². The molecule has 0 aliphatic carbocycles. The van der Waals surface area contributed by atoms with E-state index in [9.17, 15) is 4.79 Å². The quantitative estimate of drug-likeness (QED) is 0.832. The Kier molecular flexibility index (Phi) is 3.16. The van der Waals surface area contributed by atoms with Crippen molar-refractivity contribution in [2.75, 3.05) is 12.9 Å². The van der Waals surface area contributed by atoms with Gasteiger partial charge in [-0.1, -0.05) is 12.1 Å². The molecule has 1 heterocycles. The molecule has 1 atom stereocenters. The number of nitrogens with one attached hydrogen (secondary N) is 1. The molecule has 1 aliphatic heterocycles. The highest BCUT2D eigenvalue weighted by atomic mass is 32.2. The minimum absolute atomic E-state index is 0.0946. The van der Waals surface area contributed by atoms with Gasteiger partial charge in [0.15, 0.2) is 0 Å². The van der Waals surface area contributed by atoms with Crippen molar-refractivity contribution in [3.63, 3.8) is 0 Å². The predicted octanol–water partition coefficient (Wildman–Crippen LogP) is 1.95. The summed E-state index contributed by atoms with van der Waals surface area (Å²) < 4.78 is 5.08. The maximum Gasteiger partial charge on any atom is 0.221 e. The summed E-state index contributed by atoms with van der Waals surface area (Å²) in [5, 5.41) is 3.05. The van der Waals surface area contributed by atoms with E-state index < -0.39 is 0 Å². The zero-order chi connectivity index (χ0) is 10.7. The molecular weight excluding hydrogens is 210 g/mol. The molecule has 1 aromatic carbocycles. The second kappa shape index (κ2) is 4.57. The number of amides is 1. The lowest BCUT2D eigenvalue weighted by atomic mass is 10.2. The maximum atomic E-state index is 11.2. The van der Waals surface area contributed by atoms with Crippen LogP contribution in [0.4, 0.5) is 0 Å². The Morgan fingerprint density at radius 2 is 2.13 bits per heavy atom. The Morgan fingerprint density at radius 3 is 2.73 bits per heavy atom. The summed E-state index contributed by atoms with van der Waals surface area (Å²) in [6.07, 6.45) is 0.622. The van der Waals surface area contributed by atoms with Gasteiger partial charge in [0, 0.05) is 12.2 Å². The summed E-state index contributed by atoms with van der Waals surface area (Å²) in [5.74, 6) is 1.86. The van der Waals surface area contributed by atoms with Crippen molar-refractivity contribution in [2.24, 2.45) is 0 Å². The van der Waals surface area contributed by atoms with Crippen LogP contribution in [0.1, 0.15) is 17.4 Å². The smallest absolute Gasteiger partial charge is 0.221 e. The van der Waals surface area contributed by atoms with Crippen LogP contribution < -0.4 is 10.1 Å². The highest BCUT2D eigenvalue weighted by molar-refractivity contribution is 7.99. The fourth-order valence-corrected chi connectivity index (χ4v) is 2.59. The number of ether oxygens (including phenoxy) is 1. The van der Waals surface area contributed by atoms with E-state index >= 15 is 0 Å². The van der Waals surface area contributed by atoms with Crippen molar-refractivity contribution in [1.29, 1.82) is 0 Å². The second-order valence-corrected chi connectivity index (χ2v) is 4.55. The highest BCUT2D eigenvalue weighted by Crippen LogP contribution is 2.30. The van der Waals surface area contributed by atoms with Crippen LogP contribution in [0.15, 0.2) is 24.3 Å². The van der Waals surface area contributed by atoms with Gasteiger partial charge >= 0.3 is 0 Å². The molecule has 0 aromatic heterocycles. The number of rotatable bonds is 2. The van der Waals surface area contributed by atoms with Crippen LogP contribution in [-0.2, 0) is 4.79 Å². The molecule has 1 N–H and O–H groups in total. The molecule has 15 heavy (non-hydrogen) atoms. The first-order valence-corrected chi connectivity index (χ1v) is 5.89. The third-order valence-corrected chi connectivity index (χ3v) is 3.49. The zero-order valence-electron chi connectivity index (χ0n) is 8.53. The lowest BCUT2D eigenvalue weighted by Gasteiger charge is -2.23. The molecule has 1 aromatic rings. The van der Waals surface area contributed by atoms with Gasteiger partial charge in [-0.25, -0.2) is 0 Å². The summed E-state index contributed by atoms with van der Waals surface area (Å²) in [7, 11) is 1.64. The number of carbonyl (C=O) groups excluding carboxylic acids is 1. The first kappa shape index (κ1) is 10.4. The lowest BCUT2D eigenvalue weighted by molar-refractivity contribution is -0.121. The molecule has 2 rings (SSSR count). The Morgan fingerprint density at radius 1 is 1.40 bits per heavy atom. The minimum atomic E-state index is 0.0946. The first-order chi connectivity index (χ1) is 7.29. The SMILES string of the molecule is COc1ccc(C2NC(=O)CCS2)cc1. The maximum absolute atomic E-state index is 11.2. The van der Waals surface area contributed by atoms with E-state index in [4.69, 9.17) is 4.74 Å². The van der Waals surface area contributed by atoms with Gasteiger partial charge in [0.1, 0.15) is 11.1 Å². The standard InChI is InChI=1S/C11H13NO2S/c1-14-9-4-2-8(3-5-9)11-12-10(13)6-7-15-11/h2-5,11H,6-7H2,1H3,(H,12,13). The van der Waals surface area contributed by atoms with Crippen molar-refractivity contribution in [2.45, 2.75) is 11.8 Å². The van der Waals surface area contributed by atoms with E-state index in [1.165, 1.54) is 0 Å². The summed E-state index contributed by atoms with van der Waals surface area (Å²) in [5.41, 5.74) is 1.12. The molecule has 80 valence electrons. The van der Waals surface area contributed by atoms with Crippen molar-refractivity contribution in [1.82, 2.24) is 5.32 Å². The fourth-order valence-electron chi connectivity index (χ4n) is 1.49. The van der Waals surface area contributed by atoms with Crippen molar-refractivity contribution in [3.05, 3.63) is 29.8 Å². The van der Waals surface area contributed by atoms with Crippen molar-refractivity contribution in [3.8, 4) is 5.75 Å². The summed E-state index contributed by atoms with van der Waals surface area (Å²) >= 11 is 1.76. The molecule has 1 fully saturated rings. The highest BCUT2D eigenvalue weighted by Gasteiger charge is 2.19. The lowest BCUT2D eigenvalue weighted by Crippen LogP contribution is -2.31. The van der Waals surface area contributed by atoms with Crippen LogP contribution in [0.25, 0.3) is 0 Å². The molecule has 0 bridgehead atoms. The van der Waals surface area contributed by atoms with Crippen molar-refractivity contribution >= 4 is 17.7 Å². The number of hydrogen-bond donors (Lipinski definition) is 1. The largest absolute Gasteiger partial charge is 0.497 e. The van der Waals surface area contributed by atoms with Gasteiger partial charge in [0.05, 0.1) is 7.11 Å². The summed E-state index contributed by atoms with van der Waals surface area (Å²) in [4.78, 5) is 11.2. The molecule has 1 aliphatic rings. The first-order valence-electron chi connectivity index (χ1n) is 4.84. The van der Waals surface area contributed by atoms with Crippen LogP contribution in [0.5, 0.6) is 5.75 Å². The Bertz CT molecular complexity index is 350. The molecular formula is C11H13NO2S. The van der Waals surface area contributed by atoms with Crippen molar-refractivity contribution < 1.29 is 9.53 Å². The number of methoxy groups -OCH3 is 1. The molecule has 0 radical (unpaired) electrons. The van der Waals surface area contributed by atoms with Crippen LogP contribution in [0, 0.1) is 0 Å². The second-order valence-electron chi connectivity index (χ2n) is 3.34. The van der Waals surface area contributed by atoms with E-state index in [1.54, 1.807) is 18.9 Å². The van der Waals surface area contributed by atoms with Crippen LogP contribution >= 0.6 is 11.8 Å². The van der Waals surface area contributed by atoms with Gasteiger partial charge in [-0.15, -0.1) is 11.8 Å². The molecule has 1 amide bonds. The summed E-state index contributed by atoms with van der Waals surface area (Å²) in [6, 6.07) is 7.80. The molecule has 0 saturated carbocycles. The predicted molar refractivity (Wildman–Crippen MR) is 61.0 cm³/mol. The summed E-state index contributed by atoms with van der Waals surface area (Å²) in [6.45, 7) is 0. The van der Waals surface area contributed by atoms with Gasteiger partial charge < -0.3 is 10.1 Å². The van der Waals surface area contributed by atoms with E-state index in [2.05, 4.69) is 5.32 Å². The van der Waals surface area contributed by atoms with Gasteiger partial charge in [0.25, 0.3) is 0 Å². The van der Waals surface area contributed by atoms with E-state index in [1.807, 2.05) is 24.3 Å². The van der Waals surface area contributed by atoms with Crippen LogP contribution in [0.2, 0.25) is 0 Å². The Balaban J connectivity index is 2.11. The number of thioether (sulfide) groups is 1. The monoisotopic (exact) mass is 223 g/mol. The van der Waals surface area contributed by atoms with E-state index in [-0.39, 0.29) is 11.3 Å². The fraction of sp³-hybridized carbons (Fsp3) is 0.364. The Labute approximate surface area is 93.2 Å². The Hall–Kier alpha value is -1.16. The van der Waals surface area contributed by atoms with E-state index in [0.717, 1.165) is 17.1 Å². The van der Waals surface area contributed by atoms with Gasteiger partial charge in [0.2, 0.25) is 5.91 Å². The van der Waals surface area contributed by atoms with Gasteiger partial charge in [-0.3, -0.25) is 4.79 Å². The average molecular weight is 223 g/mol. The van der Waals surface area contributed by atoms with Gasteiger partial charge in [-0.2, -0.15) is 0 Å². The average Bonchev–Trinajstić information content (AvgIpc) is 2.29. The molecule has 3 nitrogen and oxygen atoms in total. The molecule has 0 spiro atoms. The topological polar surface area (TPSA) is 38.3 Å².